The summed E-state index contributed by atoms with van der Waals surface area (Å²) in [6.45, 7) is 6.16. The predicted molar refractivity (Wildman–Crippen MR) is 107 cm³/mol. The second kappa shape index (κ2) is 6.20. The molecule has 5 aromatic rings. The highest BCUT2D eigenvalue weighted by molar-refractivity contribution is 5.82. The standard InChI is InChI=1S/C22H18N4O2/c1-13-14(2)18(28-22-17-7-11-27-19(17)6-8-24-22)5-4-16(13)21-15(3)25-12-20-23-9-10-26(20)21/h4-12H,1-3H3. The lowest BCUT2D eigenvalue weighted by molar-refractivity contribution is 0.465. The zero-order chi connectivity index (χ0) is 19.3. The highest BCUT2D eigenvalue weighted by Crippen LogP contribution is 2.36. The number of nitrogens with zero attached hydrogens (tertiary/aromatic N) is 4. The van der Waals surface area contributed by atoms with Crippen LogP contribution in [0.15, 0.2) is 59.7 Å². The van der Waals surface area contributed by atoms with E-state index in [-0.39, 0.29) is 0 Å². The molecule has 0 unspecified atom stereocenters. The topological polar surface area (TPSA) is 65.5 Å². The summed E-state index contributed by atoms with van der Waals surface area (Å²) in [5.74, 6) is 1.31. The van der Waals surface area contributed by atoms with Crippen molar-refractivity contribution in [2.75, 3.05) is 0 Å². The van der Waals surface area contributed by atoms with Crippen molar-refractivity contribution >= 4 is 16.6 Å². The summed E-state index contributed by atoms with van der Waals surface area (Å²) in [7, 11) is 0. The Morgan fingerprint density at radius 1 is 0.929 bits per heavy atom. The van der Waals surface area contributed by atoms with Gasteiger partial charge in [-0.15, -0.1) is 0 Å². The Morgan fingerprint density at radius 3 is 2.71 bits per heavy atom. The smallest absolute Gasteiger partial charge is 0.230 e. The Bertz CT molecular complexity index is 1330. The third kappa shape index (κ3) is 2.45. The fraction of sp³-hybridized carbons (Fsp3) is 0.136. The molecule has 0 saturated carbocycles. The lowest BCUT2D eigenvalue weighted by Gasteiger charge is -2.16. The van der Waals surface area contributed by atoms with Crippen molar-refractivity contribution in [3.05, 3.63) is 72.1 Å². The second-order valence-electron chi connectivity index (χ2n) is 6.76. The lowest BCUT2D eigenvalue weighted by atomic mass is 9.98. The number of fused-ring (bicyclic) bond motifs is 2. The van der Waals surface area contributed by atoms with Gasteiger partial charge in [0, 0.05) is 24.2 Å². The largest absolute Gasteiger partial charge is 0.464 e. The SMILES string of the molecule is Cc1ncc2nccn2c1-c1ccc(Oc2nccc3occc23)c(C)c1C. The van der Waals surface area contributed by atoms with Gasteiger partial charge in [-0.2, -0.15) is 0 Å². The van der Waals surface area contributed by atoms with Gasteiger partial charge in [0.05, 0.1) is 29.2 Å². The van der Waals surface area contributed by atoms with E-state index in [0.717, 1.165) is 50.4 Å². The molecule has 0 radical (unpaired) electrons. The second-order valence-corrected chi connectivity index (χ2v) is 6.76. The molecule has 0 atom stereocenters. The molecule has 0 spiro atoms. The Morgan fingerprint density at radius 2 is 1.82 bits per heavy atom. The van der Waals surface area contributed by atoms with Crippen molar-refractivity contribution in [1.82, 2.24) is 19.4 Å². The Hall–Kier alpha value is -3.67. The van der Waals surface area contributed by atoms with E-state index in [4.69, 9.17) is 9.15 Å². The minimum atomic E-state index is 0.538. The first-order valence-electron chi connectivity index (χ1n) is 9.03. The molecule has 4 heterocycles. The zero-order valence-corrected chi connectivity index (χ0v) is 15.8. The van der Waals surface area contributed by atoms with Crippen LogP contribution in [-0.2, 0) is 0 Å². The van der Waals surface area contributed by atoms with Crippen LogP contribution in [0.3, 0.4) is 0 Å². The maximum absolute atomic E-state index is 6.15. The van der Waals surface area contributed by atoms with Crippen LogP contribution in [0.5, 0.6) is 11.6 Å². The average Bonchev–Trinajstić information content (AvgIpc) is 3.36. The molecule has 0 bridgehead atoms. The normalized spacial score (nSPS) is 11.4. The molecular weight excluding hydrogens is 352 g/mol. The van der Waals surface area contributed by atoms with Gasteiger partial charge in [0.1, 0.15) is 11.3 Å². The molecule has 0 N–H and O–H groups in total. The number of imidazole rings is 1. The number of rotatable bonds is 3. The van der Waals surface area contributed by atoms with Crippen LogP contribution in [-0.4, -0.2) is 19.4 Å². The minimum Gasteiger partial charge on any atom is -0.464 e. The first-order valence-corrected chi connectivity index (χ1v) is 9.03. The third-order valence-corrected chi connectivity index (χ3v) is 5.17. The number of hydrogen-bond acceptors (Lipinski definition) is 5. The number of aryl methyl sites for hydroxylation is 1. The average molecular weight is 370 g/mol. The molecular formula is C22H18N4O2. The summed E-state index contributed by atoms with van der Waals surface area (Å²) >= 11 is 0. The summed E-state index contributed by atoms with van der Waals surface area (Å²) in [5, 5.41) is 0.854. The van der Waals surface area contributed by atoms with Gasteiger partial charge in [0.2, 0.25) is 5.88 Å². The molecule has 0 fully saturated rings. The van der Waals surface area contributed by atoms with Crippen LogP contribution in [0.4, 0.5) is 0 Å². The predicted octanol–water partition coefficient (Wildman–Crippen LogP) is 5.26. The number of pyridine rings is 1. The van der Waals surface area contributed by atoms with Crippen LogP contribution in [0.1, 0.15) is 16.8 Å². The fourth-order valence-electron chi connectivity index (χ4n) is 3.53. The van der Waals surface area contributed by atoms with E-state index in [1.54, 1.807) is 24.9 Å². The molecule has 138 valence electrons. The van der Waals surface area contributed by atoms with E-state index in [9.17, 15) is 0 Å². The quantitative estimate of drug-likeness (QED) is 0.434. The Kier molecular flexibility index (Phi) is 3.65. The first kappa shape index (κ1) is 16.5. The zero-order valence-electron chi connectivity index (χ0n) is 15.8. The lowest BCUT2D eigenvalue weighted by Crippen LogP contribution is -2.01. The molecule has 4 aromatic heterocycles. The Balaban J connectivity index is 1.62. The van der Waals surface area contributed by atoms with Crippen molar-refractivity contribution in [2.24, 2.45) is 0 Å². The molecule has 6 nitrogen and oxygen atoms in total. The van der Waals surface area contributed by atoms with Gasteiger partial charge >= 0.3 is 0 Å². The number of hydrogen-bond donors (Lipinski definition) is 0. The summed E-state index contributed by atoms with van der Waals surface area (Å²) in [6.07, 6.45) is 8.86. The molecule has 0 amide bonds. The van der Waals surface area contributed by atoms with Gasteiger partial charge in [-0.25, -0.2) is 9.97 Å². The van der Waals surface area contributed by atoms with Crippen molar-refractivity contribution in [3.63, 3.8) is 0 Å². The van der Waals surface area contributed by atoms with Gasteiger partial charge in [0.15, 0.2) is 5.65 Å². The highest BCUT2D eigenvalue weighted by atomic mass is 16.5. The highest BCUT2D eigenvalue weighted by Gasteiger charge is 2.16. The summed E-state index contributed by atoms with van der Waals surface area (Å²) < 4.78 is 13.7. The van der Waals surface area contributed by atoms with Crippen molar-refractivity contribution in [1.29, 1.82) is 0 Å². The van der Waals surface area contributed by atoms with Gasteiger partial charge in [0.25, 0.3) is 0 Å². The maximum Gasteiger partial charge on any atom is 0.230 e. The molecule has 5 rings (SSSR count). The number of aromatic nitrogens is 4. The summed E-state index contributed by atoms with van der Waals surface area (Å²) in [4.78, 5) is 13.2. The minimum absolute atomic E-state index is 0.538. The molecule has 28 heavy (non-hydrogen) atoms. The van der Waals surface area contributed by atoms with Crippen LogP contribution in [0.25, 0.3) is 27.9 Å². The molecule has 0 aliphatic rings. The van der Waals surface area contributed by atoms with Crippen molar-refractivity contribution < 1.29 is 9.15 Å². The van der Waals surface area contributed by atoms with Gasteiger partial charge in [-0.05, 0) is 56.2 Å². The monoisotopic (exact) mass is 370 g/mol. The van der Waals surface area contributed by atoms with E-state index in [1.807, 2.05) is 31.3 Å². The van der Waals surface area contributed by atoms with E-state index in [0.29, 0.717) is 5.88 Å². The van der Waals surface area contributed by atoms with Gasteiger partial charge in [-0.3, -0.25) is 9.38 Å². The number of benzene rings is 1. The molecule has 0 saturated heterocycles. The fourth-order valence-corrected chi connectivity index (χ4v) is 3.53. The van der Waals surface area contributed by atoms with Crippen molar-refractivity contribution in [2.45, 2.75) is 20.8 Å². The maximum atomic E-state index is 6.15. The number of ether oxygens (including phenoxy) is 1. The molecule has 0 aliphatic carbocycles. The summed E-state index contributed by atoms with van der Waals surface area (Å²) in [5.41, 5.74) is 6.86. The van der Waals surface area contributed by atoms with Crippen LogP contribution >= 0.6 is 0 Å². The van der Waals surface area contributed by atoms with Crippen LogP contribution in [0.2, 0.25) is 0 Å². The van der Waals surface area contributed by atoms with Crippen LogP contribution < -0.4 is 4.74 Å². The first-order chi connectivity index (χ1) is 13.6. The van der Waals surface area contributed by atoms with Gasteiger partial charge < -0.3 is 9.15 Å². The van der Waals surface area contributed by atoms with Crippen LogP contribution in [0, 0.1) is 20.8 Å². The molecule has 0 aliphatic heterocycles. The van der Waals surface area contributed by atoms with Gasteiger partial charge in [-0.1, -0.05) is 0 Å². The van der Waals surface area contributed by atoms with E-state index < -0.39 is 0 Å². The Labute approximate surface area is 161 Å². The van der Waals surface area contributed by atoms with E-state index in [2.05, 4.69) is 39.3 Å². The van der Waals surface area contributed by atoms with Crippen molar-refractivity contribution in [3.8, 4) is 22.9 Å². The molecule has 1 aromatic carbocycles. The molecule has 6 heteroatoms. The number of furan rings is 1. The van der Waals surface area contributed by atoms with E-state index >= 15 is 0 Å². The summed E-state index contributed by atoms with van der Waals surface area (Å²) in [6, 6.07) is 7.73. The van der Waals surface area contributed by atoms with E-state index in [1.165, 1.54) is 0 Å². The third-order valence-electron chi connectivity index (χ3n) is 5.17.